The van der Waals surface area contributed by atoms with Gasteiger partial charge in [0.1, 0.15) is 11.3 Å². The number of fused-ring (bicyclic) bond motifs is 1. The van der Waals surface area contributed by atoms with Crippen molar-refractivity contribution in [1.82, 2.24) is 19.0 Å². The second kappa shape index (κ2) is 8.48. The molecule has 1 atom stereocenters. The van der Waals surface area contributed by atoms with Crippen LogP contribution in [0.3, 0.4) is 0 Å². The molecule has 154 valence electrons. The highest BCUT2D eigenvalue weighted by Gasteiger charge is 2.22. The molecule has 1 amide bonds. The van der Waals surface area contributed by atoms with Crippen LogP contribution in [-0.2, 0) is 25.4 Å². The Morgan fingerprint density at radius 2 is 1.83 bits per heavy atom. The van der Waals surface area contributed by atoms with E-state index < -0.39 is 11.2 Å². The normalized spacial score (nSPS) is 12.3. The molecule has 0 bridgehead atoms. The van der Waals surface area contributed by atoms with Gasteiger partial charge < -0.3 is 14.6 Å². The first kappa shape index (κ1) is 20.6. The molecule has 1 N–H and O–H groups in total. The zero-order valence-electron chi connectivity index (χ0n) is 17.1. The van der Waals surface area contributed by atoms with E-state index in [0.717, 1.165) is 10.1 Å². The van der Waals surface area contributed by atoms with Gasteiger partial charge in [-0.2, -0.15) is 0 Å². The molecule has 2 heterocycles. The second-order valence-corrected chi connectivity index (χ2v) is 7.08. The maximum atomic E-state index is 13.1. The number of carbonyl (C=O) groups excluding carboxylic acids is 1. The fourth-order valence-electron chi connectivity index (χ4n) is 3.52. The lowest BCUT2D eigenvalue weighted by Crippen LogP contribution is -2.37. The van der Waals surface area contributed by atoms with E-state index in [9.17, 15) is 14.4 Å². The first-order valence-corrected chi connectivity index (χ1v) is 9.50. The SMILES string of the molecule is COCCCn1c(C(=O)NC(C)c2ccccc2)cc2c(=O)n(C)c(=O)n(C)c21. The fourth-order valence-corrected chi connectivity index (χ4v) is 3.52. The summed E-state index contributed by atoms with van der Waals surface area (Å²) in [6, 6.07) is 11.0. The van der Waals surface area contributed by atoms with Crippen molar-refractivity contribution in [2.24, 2.45) is 14.1 Å². The van der Waals surface area contributed by atoms with Crippen molar-refractivity contribution in [3.63, 3.8) is 0 Å². The Morgan fingerprint density at radius 1 is 1.14 bits per heavy atom. The van der Waals surface area contributed by atoms with Crippen LogP contribution in [0.25, 0.3) is 11.0 Å². The predicted octanol–water partition coefficient (Wildman–Crippen LogP) is 1.57. The van der Waals surface area contributed by atoms with Crippen molar-refractivity contribution in [1.29, 1.82) is 0 Å². The highest BCUT2D eigenvalue weighted by atomic mass is 16.5. The van der Waals surface area contributed by atoms with Crippen LogP contribution >= 0.6 is 0 Å². The number of hydrogen-bond acceptors (Lipinski definition) is 4. The molecule has 0 aliphatic carbocycles. The number of rotatable bonds is 7. The van der Waals surface area contributed by atoms with E-state index in [1.165, 1.54) is 11.6 Å². The van der Waals surface area contributed by atoms with Gasteiger partial charge in [0.25, 0.3) is 11.5 Å². The van der Waals surface area contributed by atoms with Gasteiger partial charge in [0.15, 0.2) is 0 Å². The summed E-state index contributed by atoms with van der Waals surface area (Å²) in [7, 11) is 4.64. The molecule has 0 spiro atoms. The van der Waals surface area contributed by atoms with E-state index in [2.05, 4.69) is 5.32 Å². The van der Waals surface area contributed by atoms with Crippen LogP contribution in [0.5, 0.6) is 0 Å². The third-order valence-electron chi connectivity index (χ3n) is 5.11. The molecule has 2 aromatic heterocycles. The molecular formula is C21H26N4O4. The zero-order valence-corrected chi connectivity index (χ0v) is 17.1. The summed E-state index contributed by atoms with van der Waals surface area (Å²) in [4.78, 5) is 38.1. The van der Waals surface area contributed by atoms with Gasteiger partial charge in [-0.3, -0.25) is 18.7 Å². The Labute approximate surface area is 168 Å². The number of nitrogens with zero attached hydrogens (tertiary/aromatic N) is 3. The molecule has 1 unspecified atom stereocenters. The quantitative estimate of drug-likeness (QED) is 0.612. The molecule has 0 saturated carbocycles. The molecule has 8 nitrogen and oxygen atoms in total. The molecule has 1 aromatic carbocycles. The second-order valence-electron chi connectivity index (χ2n) is 7.08. The van der Waals surface area contributed by atoms with Crippen LogP contribution in [0.4, 0.5) is 0 Å². The third-order valence-corrected chi connectivity index (χ3v) is 5.11. The zero-order chi connectivity index (χ0) is 21.1. The maximum Gasteiger partial charge on any atom is 0.332 e. The van der Waals surface area contributed by atoms with Crippen molar-refractivity contribution >= 4 is 16.9 Å². The number of benzene rings is 1. The van der Waals surface area contributed by atoms with E-state index in [-0.39, 0.29) is 11.9 Å². The summed E-state index contributed by atoms with van der Waals surface area (Å²) in [6.07, 6.45) is 0.637. The van der Waals surface area contributed by atoms with Gasteiger partial charge in [0, 0.05) is 34.4 Å². The number of aryl methyl sites for hydroxylation is 2. The van der Waals surface area contributed by atoms with Gasteiger partial charge in [-0.15, -0.1) is 0 Å². The third kappa shape index (κ3) is 3.88. The van der Waals surface area contributed by atoms with Crippen LogP contribution in [-0.4, -0.2) is 33.3 Å². The topological polar surface area (TPSA) is 87.3 Å². The summed E-state index contributed by atoms with van der Waals surface area (Å²) in [5.41, 5.74) is 0.909. The van der Waals surface area contributed by atoms with Crippen molar-refractivity contribution < 1.29 is 9.53 Å². The number of nitrogens with one attached hydrogen (secondary N) is 1. The highest BCUT2D eigenvalue weighted by Crippen LogP contribution is 2.18. The maximum absolute atomic E-state index is 13.1. The summed E-state index contributed by atoms with van der Waals surface area (Å²) in [5.74, 6) is -0.301. The van der Waals surface area contributed by atoms with Gasteiger partial charge in [0.2, 0.25) is 0 Å². The molecule has 8 heteroatoms. The van der Waals surface area contributed by atoms with E-state index in [4.69, 9.17) is 4.74 Å². The first-order valence-electron chi connectivity index (χ1n) is 9.50. The summed E-state index contributed by atoms with van der Waals surface area (Å²) < 4.78 is 9.31. The Balaban J connectivity index is 2.08. The molecule has 29 heavy (non-hydrogen) atoms. The molecule has 0 radical (unpaired) electrons. The van der Waals surface area contributed by atoms with Crippen LogP contribution < -0.4 is 16.6 Å². The van der Waals surface area contributed by atoms with Crippen molar-refractivity contribution in [3.8, 4) is 0 Å². The lowest BCUT2D eigenvalue weighted by atomic mass is 10.1. The molecule has 3 rings (SSSR count). The fraction of sp³-hybridized carbons (Fsp3) is 0.381. The highest BCUT2D eigenvalue weighted by molar-refractivity contribution is 5.98. The van der Waals surface area contributed by atoms with Crippen LogP contribution in [0, 0.1) is 0 Å². The summed E-state index contributed by atoms with van der Waals surface area (Å²) in [6.45, 7) is 2.85. The molecule has 0 aliphatic rings. The van der Waals surface area contributed by atoms with Gasteiger partial charge in [-0.05, 0) is 25.0 Å². The smallest absolute Gasteiger partial charge is 0.332 e. The number of hydrogen-bond donors (Lipinski definition) is 1. The number of aromatic nitrogens is 3. The molecule has 0 aliphatic heterocycles. The van der Waals surface area contributed by atoms with E-state index in [1.807, 2.05) is 37.3 Å². The van der Waals surface area contributed by atoms with Gasteiger partial charge in [-0.1, -0.05) is 30.3 Å². The Kier molecular flexibility index (Phi) is 6.03. The monoisotopic (exact) mass is 398 g/mol. The first-order chi connectivity index (χ1) is 13.9. The Hall–Kier alpha value is -3.13. The standard InChI is InChI=1S/C21H26N4O4/c1-14(15-9-6-5-7-10-15)22-18(26)17-13-16-19(25(17)11-8-12-29-4)23(2)21(28)24(3)20(16)27/h5-7,9-10,13-14H,8,11-12H2,1-4H3,(H,22,26). The van der Waals surface area contributed by atoms with Crippen molar-refractivity contribution in [2.75, 3.05) is 13.7 Å². The van der Waals surface area contributed by atoms with Crippen LogP contribution in [0.15, 0.2) is 46.0 Å². The van der Waals surface area contributed by atoms with Crippen molar-refractivity contribution in [3.05, 3.63) is 68.5 Å². The lowest BCUT2D eigenvalue weighted by Gasteiger charge is -2.16. The minimum absolute atomic E-state index is 0.208. The minimum atomic E-state index is -0.432. The lowest BCUT2D eigenvalue weighted by molar-refractivity contribution is 0.0929. The number of methoxy groups -OCH3 is 1. The van der Waals surface area contributed by atoms with E-state index in [1.54, 1.807) is 24.8 Å². The average Bonchev–Trinajstić information content (AvgIpc) is 3.11. The van der Waals surface area contributed by atoms with Crippen molar-refractivity contribution in [2.45, 2.75) is 25.9 Å². The Morgan fingerprint density at radius 3 is 2.48 bits per heavy atom. The predicted molar refractivity (Wildman–Crippen MR) is 111 cm³/mol. The average molecular weight is 398 g/mol. The number of carbonyl (C=O) groups is 1. The molecule has 3 aromatic rings. The van der Waals surface area contributed by atoms with Crippen LogP contribution in [0.1, 0.15) is 35.4 Å². The van der Waals surface area contributed by atoms with Crippen LogP contribution in [0.2, 0.25) is 0 Å². The van der Waals surface area contributed by atoms with E-state index in [0.29, 0.717) is 36.3 Å². The summed E-state index contributed by atoms with van der Waals surface area (Å²) in [5, 5.41) is 3.32. The molecular weight excluding hydrogens is 372 g/mol. The minimum Gasteiger partial charge on any atom is -0.385 e. The largest absolute Gasteiger partial charge is 0.385 e. The van der Waals surface area contributed by atoms with Gasteiger partial charge in [-0.25, -0.2) is 4.79 Å². The van der Waals surface area contributed by atoms with Gasteiger partial charge >= 0.3 is 5.69 Å². The Bertz CT molecular complexity index is 1140. The number of amides is 1. The van der Waals surface area contributed by atoms with E-state index >= 15 is 0 Å². The molecule has 0 saturated heterocycles. The van der Waals surface area contributed by atoms with Gasteiger partial charge in [0.05, 0.1) is 11.4 Å². The number of ether oxygens (including phenoxy) is 1. The molecule has 0 fully saturated rings. The summed E-state index contributed by atoms with van der Waals surface area (Å²) >= 11 is 0.